The summed E-state index contributed by atoms with van der Waals surface area (Å²) in [6, 6.07) is 8.01. The number of benzene rings is 1. The highest BCUT2D eigenvalue weighted by Gasteiger charge is 2.27. The second-order valence-corrected chi connectivity index (χ2v) is 4.17. The number of hydrogen-bond donors (Lipinski definition) is 1. The molecule has 1 atom stereocenters. The van der Waals surface area contributed by atoms with Gasteiger partial charge in [0.15, 0.2) is 5.78 Å². The van der Waals surface area contributed by atoms with E-state index in [4.69, 9.17) is 0 Å². The van der Waals surface area contributed by atoms with Crippen LogP contribution in [0.3, 0.4) is 0 Å². The van der Waals surface area contributed by atoms with Crippen LogP contribution in [-0.4, -0.2) is 11.8 Å². The van der Waals surface area contributed by atoms with Gasteiger partial charge >= 0.3 is 0 Å². The summed E-state index contributed by atoms with van der Waals surface area (Å²) in [6.45, 7) is 4.15. The summed E-state index contributed by atoms with van der Waals surface area (Å²) in [5.74, 6) is 0.662. The van der Waals surface area contributed by atoms with E-state index in [-0.39, 0.29) is 6.04 Å². The average Bonchev–Trinajstić information content (AvgIpc) is 2.16. The first-order valence-electron chi connectivity index (χ1n) is 5.05. The van der Waals surface area contributed by atoms with Crippen molar-refractivity contribution >= 4 is 11.5 Å². The number of hydrogen-bond acceptors (Lipinski definition) is 2. The molecule has 1 aromatic rings. The van der Waals surface area contributed by atoms with E-state index in [0.29, 0.717) is 18.1 Å². The molecule has 1 N–H and O–H groups in total. The van der Waals surface area contributed by atoms with Gasteiger partial charge in [0.05, 0.1) is 6.04 Å². The lowest BCUT2D eigenvalue weighted by atomic mass is 9.90. The van der Waals surface area contributed by atoms with Crippen LogP contribution in [0.5, 0.6) is 0 Å². The van der Waals surface area contributed by atoms with E-state index in [1.54, 1.807) is 0 Å². The molecule has 0 radical (unpaired) electrons. The van der Waals surface area contributed by atoms with Gasteiger partial charge in [-0.05, 0) is 17.5 Å². The summed E-state index contributed by atoms with van der Waals surface area (Å²) in [5.41, 5.74) is 2.24. The van der Waals surface area contributed by atoms with Crippen molar-refractivity contribution in [1.82, 2.24) is 0 Å². The molecule has 74 valence electrons. The average molecular weight is 189 g/mol. The van der Waals surface area contributed by atoms with Gasteiger partial charge in [-0.3, -0.25) is 4.79 Å². The Morgan fingerprint density at radius 2 is 2.07 bits per heavy atom. The predicted molar refractivity (Wildman–Crippen MR) is 57.4 cm³/mol. The zero-order valence-corrected chi connectivity index (χ0v) is 8.58. The number of rotatable bonds is 1. The van der Waals surface area contributed by atoms with Crippen LogP contribution in [0.15, 0.2) is 24.3 Å². The van der Waals surface area contributed by atoms with Crippen molar-refractivity contribution in [2.75, 3.05) is 5.32 Å². The highest BCUT2D eigenvalue weighted by Crippen LogP contribution is 2.25. The van der Waals surface area contributed by atoms with E-state index in [2.05, 4.69) is 19.2 Å². The highest BCUT2D eigenvalue weighted by atomic mass is 16.1. The maximum atomic E-state index is 11.7. The molecular weight excluding hydrogens is 174 g/mol. The first kappa shape index (κ1) is 9.25. The molecule has 14 heavy (non-hydrogen) atoms. The van der Waals surface area contributed by atoms with Crippen LogP contribution in [0, 0.1) is 5.92 Å². The highest BCUT2D eigenvalue weighted by molar-refractivity contribution is 5.92. The molecule has 0 spiro atoms. The molecule has 1 heterocycles. The van der Waals surface area contributed by atoms with Gasteiger partial charge in [-0.1, -0.05) is 32.0 Å². The number of ketones is 1. The summed E-state index contributed by atoms with van der Waals surface area (Å²) in [4.78, 5) is 11.7. The maximum absolute atomic E-state index is 11.7. The fourth-order valence-electron chi connectivity index (χ4n) is 1.90. The van der Waals surface area contributed by atoms with Gasteiger partial charge in [-0.15, -0.1) is 0 Å². The zero-order valence-electron chi connectivity index (χ0n) is 8.58. The largest absolute Gasteiger partial charge is 0.375 e. The number of carbonyl (C=O) groups excluding carboxylic acids is 1. The minimum absolute atomic E-state index is 0.00935. The third kappa shape index (κ3) is 1.52. The monoisotopic (exact) mass is 189 g/mol. The van der Waals surface area contributed by atoms with E-state index < -0.39 is 0 Å². The van der Waals surface area contributed by atoms with Crippen molar-refractivity contribution in [1.29, 1.82) is 0 Å². The number of para-hydroxylation sites is 1. The van der Waals surface area contributed by atoms with Crippen LogP contribution >= 0.6 is 0 Å². The van der Waals surface area contributed by atoms with Crippen LogP contribution in [0.2, 0.25) is 0 Å². The molecule has 0 amide bonds. The molecule has 0 bridgehead atoms. The molecular formula is C12H15NO. The van der Waals surface area contributed by atoms with Crippen molar-refractivity contribution in [3.8, 4) is 0 Å². The first-order chi connectivity index (χ1) is 6.68. The SMILES string of the molecule is CC(C)[C@@H]1Nc2ccccc2CC1=O. The molecule has 0 aliphatic carbocycles. The van der Waals surface area contributed by atoms with Gasteiger partial charge in [-0.25, -0.2) is 0 Å². The molecule has 1 aliphatic heterocycles. The van der Waals surface area contributed by atoms with Gasteiger partial charge < -0.3 is 5.32 Å². The second-order valence-electron chi connectivity index (χ2n) is 4.17. The molecule has 0 aromatic heterocycles. The fourth-order valence-corrected chi connectivity index (χ4v) is 1.90. The quantitative estimate of drug-likeness (QED) is 0.734. The fraction of sp³-hybridized carbons (Fsp3) is 0.417. The summed E-state index contributed by atoms with van der Waals surface area (Å²) in [5, 5.41) is 3.30. The Morgan fingerprint density at radius 3 is 2.79 bits per heavy atom. The third-order valence-electron chi connectivity index (χ3n) is 2.71. The number of fused-ring (bicyclic) bond motifs is 1. The lowest BCUT2D eigenvalue weighted by molar-refractivity contribution is -0.120. The first-order valence-corrected chi connectivity index (χ1v) is 5.05. The van der Waals surface area contributed by atoms with Crippen LogP contribution in [0.4, 0.5) is 5.69 Å². The van der Waals surface area contributed by atoms with Crippen LogP contribution in [-0.2, 0) is 11.2 Å². The van der Waals surface area contributed by atoms with Crippen LogP contribution < -0.4 is 5.32 Å². The lowest BCUT2D eigenvalue weighted by Gasteiger charge is -2.28. The van der Waals surface area contributed by atoms with Crippen molar-refractivity contribution < 1.29 is 4.79 Å². The van der Waals surface area contributed by atoms with E-state index >= 15 is 0 Å². The minimum Gasteiger partial charge on any atom is -0.375 e. The summed E-state index contributed by atoms with van der Waals surface area (Å²) < 4.78 is 0. The van der Waals surface area contributed by atoms with Crippen molar-refractivity contribution in [2.24, 2.45) is 5.92 Å². The summed E-state index contributed by atoms with van der Waals surface area (Å²) in [6.07, 6.45) is 0.575. The normalized spacial score (nSPS) is 20.5. The molecule has 2 heteroatoms. The molecule has 2 nitrogen and oxygen atoms in total. The van der Waals surface area contributed by atoms with Crippen molar-refractivity contribution in [3.63, 3.8) is 0 Å². The number of nitrogens with one attached hydrogen (secondary N) is 1. The van der Waals surface area contributed by atoms with Crippen molar-refractivity contribution in [2.45, 2.75) is 26.3 Å². The van der Waals surface area contributed by atoms with Gasteiger partial charge in [0, 0.05) is 12.1 Å². The Morgan fingerprint density at radius 1 is 1.36 bits per heavy atom. The molecule has 0 fully saturated rings. The topological polar surface area (TPSA) is 29.1 Å². The van der Waals surface area contributed by atoms with E-state index in [9.17, 15) is 4.79 Å². The summed E-state index contributed by atoms with van der Waals surface area (Å²) in [7, 11) is 0. The van der Waals surface area contributed by atoms with Gasteiger partial charge in [-0.2, -0.15) is 0 Å². The number of Topliss-reactive ketones (excluding diaryl/α,β-unsaturated/α-hetero) is 1. The third-order valence-corrected chi connectivity index (χ3v) is 2.71. The van der Waals surface area contributed by atoms with E-state index in [0.717, 1.165) is 11.3 Å². The Kier molecular flexibility index (Phi) is 2.28. The molecule has 0 saturated heterocycles. The Labute approximate surface area is 84.3 Å². The smallest absolute Gasteiger partial charge is 0.159 e. The summed E-state index contributed by atoms with van der Waals surface area (Å²) >= 11 is 0. The zero-order chi connectivity index (χ0) is 10.1. The lowest BCUT2D eigenvalue weighted by Crippen LogP contribution is -2.39. The molecule has 1 aliphatic rings. The van der Waals surface area contributed by atoms with Crippen LogP contribution in [0.25, 0.3) is 0 Å². The number of carbonyl (C=O) groups is 1. The van der Waals surface area contributed by atoms with Crippen molar-refractivity contribution in [3.05, 3.63) is 29.8 Å². The predicted octanol–water partition coefficient (Wildman–Crippen LogP) is 2.25. The van der Waals surface area contributed by atoms with E-state index in [1.165, 1.54) is 0 Å². The minimum atomic E-state index is -0.00935. The van der Waals surface area contributed by atoms with Crippen LogP contribution in [0.1, 0.15) is 19.4 Å². The van der Waals surface area contributed by atoms with E-state index in [1.807, 2.05) is 24.3 Å². The molecule has 2 rings (SSSR count). The van der Waals surface area contributed by atoms with Gasteiger partial charge in [0.1, 0.15) is 0 Å². The molecule has 0 saturated carbocycles. The Bertz CT molecular complexity index is 357. The standard InChI is InChI=1S/C12H15NO/c1-8(2)12-11(14)7-9-5-3-4-6-10(9)13-12/h3-6,8,12-13H,7H2,1-2H3/t12-/m0/s1. The van der Waals surface area contributed by atoms with Gasteiger partial charge in [0.25, 0.3) is 0 Å². The second kappa shape index (κ2) is 3.45. The number of anilines is 1. The maximum Gasteiger partial charge on any atom is 0.159 e. The Balaban J connectivity index is 2.31. The Hall–Kier alpha value is -1.31. The molecule has 1 aromatic carbocycles. The molecule has 0 unspecified atom stereocenters. The van der Waals surface area contributed by atoms with Gasteiger partial charge in [0.2, 0.25) is 0 Å².